The number of hydrogen-bond donors (Lipinski definition) is 1. The minimum absolute atomic E-state index is 0.132. The van der Waals surface area contributed by atoms with Crippen molar-refractivity contribution in [2.45, 2.75) is 23.7 Å². The van der Waals surface area contributed by atoms with Gasteiger partial charge in [-0.1, -0.05) is 30.0 Å². The molecule has 9 heteroatoms. The Morgan fingerprint density at radius 3 is 2.52 bits per heavy atom. The zero-order valence-electron chi connectivity index (χ0n) is 19.0. The van der Waals surface area contributed by atoms with Crippen LogP contribution < -0.4 is 14.8 Å². The third kappa shape index (κ3) is 5.93. The highest BCUT2D eigenvalue weighted by Crippen LogP contribution is 2.31. The molecule has 0 aliphatic carbocycles. The van der Waals surface area contributed by atoms with Gasteiger partial charge in [0.15, 0.2) is 0 Å². The van der Waals surface area contributed by atoms with Crippen LogP contribution in [0.1, 0.15) is 12.7 Å². The number of ether oxygens (including phenoxy) is 3. The number of aromatic nitrogens is 2. The number of morpholine rings is 1. The van der Waals surface area contributed by atoms with E-state index in [9.17, 15) is 4.79 Å². The zero-order chi connectivity index (χ0) is 23.2. The number of nitrogens with one attached hydrogen (secondary N) is 1. The topological polar surface area (TPSA) is 85.8 Å². The lowest BCUT2D eigenvalue weighted by Gasteiger charge is -2.26. The van der Waals surface area contributed by atoms with E-state index in [1.165, 1.54) is 11.8 Å². The van der Waals surface area contributed by atoms with Crippen molar-refractivity contribution in [3.8, 4) is 11.5 Å². The Labute approximate surface area is 197 Å². The predicted octanol–water partition coefficient (Wildman–Crippen LogP) is 3.60. The van der Waals surface area contributed by atoms with Crippen LogP contribution in [0, 0.1) is 0 Å². The highest BCUT2D eigenvalue weighted by Gasteiger charge is 2.20. The van der Waals surface area contributed by atoms with Gasteiger partial charge >= 0.3 is 0 Å². The third-order valence-electron chi connectivity index (χ3n) is 5.36. The molecule has 0 saturated carbocycles. The molecule has 1 unspecified atom stereocenters. The number of methoxy groups -OCH3 is 2. The lowest BCUT2D eigenvalue weighted by atomic mass is 10.2. The number of nitrogens with zero attached hydrogens (tertiary/aromatic N) is 3. The summed E-state index contributed by atoms with van der Waals surface area (Å²) in [6, 6.07) is 13.2. The van der Waals surface area contributed by atoms with Crippen molar-refractivity contribution in [1.29, 1.82) is 0 Å². The van der Waals surface area contributed by atoms with Gasteiger partial charge in [0.1, 0.15) is 22.3 Å². The van der Waals surface area contributed by atoms with E-state index in [0.29, 0.717) is 23.7 Å². The van der Waals surface area contributed by atoms with Crippen LogP contribution in [0.3, 0.4) is 0 Å². The Balaban J connectivity index is 1.52. The smallest absolute Gasteiger partial charge is 0.237 e. The molecule has 1 amide bonds. The Kier molecular flexibility index (Phi) is 7.64. The van der Waals surface area contributed by atoms with E-state index < -0.39 is 0 Å². The molecule has 0 radical (unpaired) electrons. The first kappa shape index (κ1) is 23.3. The van der Waals surface area contributed by atoms with Gasteiger partial charge < -0.3 is 19.5 Å². The summed E-state index contributed by atoms with van der Waals surface area (Å²) < 4.78 is 16.0. The SMILES string of the molecule is COc1cc(NC(=O)C(C)Sc2nc(CN3CCOCC3)nc3ccccc23)cc(OC)c1. The van der Waals surface area contributed by atoms with Gasteiger partial charge in [0.05, 0.1) is 44.7 Å². The zero-order valence-corrected chi connectivity index (χ0v) is 19.9. The van der Waals surface area contributed by atoms with E-state index in [-0.39, 0.29) is 11.2 Å². The molecule has 1 fully saturated rings. The Bertz CT molecular complexity index is 1100. The lowest BCUT2D eigenvalue weighted by Crippen LogP contribution is -2.36. The minimum atomic E-state index is -0.378. The normalized spacial score (nSPS) is 15.2. The van der Waals surface area contributed by atoms with Crippen molar-refractivity contribution in [3.05, 3.63) is 48.3 Å². The monoisotopic (exact) mass is 468 g/mol. The summed E-state index contributed by atoms with van der Waals surface area (Å²) in [6.07, 6.45) is 0. The molecule has 8 nitrogen and oxygen atoms in total. The van der Waals surface area contributed by atoms with Gasteiger partial charge in [0.25, 0.3) is 0 Å². The number of hydrogen-bond acceptors (Lipinski definition) is 8. The average molecular weight is 469 g/mol. The first-order valence-electron chi connectivity index (χ1n) is 10.8. The standard InChI is InChI=1S/C24H28N4O4S/c1-16(23(29)25-17-12-18(30-2)14-19(13-17)31-3)33-24-20-6-4-5-7-21(20)26-22(27-24)15-28-8-10-32-11-9-28/h4-7,12-14,16H,8-11,15H2,1-3H3,(H,25,29). The summed E-state index contributed by atoms with van der Waals surface area (Å²) in [6.45, 7) is 5.70. The van der Waals surface area contributed by atoms with E-state index in [2.05, 4.69) is 10.2 Å². The number of carbonyl (C=O) groups excluding carboxylic acids is 1. The van der Waals surface area contributed by atoms with Gasteiger partial charge in [0, 0.05) is 42.4 Å². The summed E-state index contributed by atoms with van der Waals surface area (Å²) in [5.74, 6) is 1.84. The van der Waals surface area contributed by atoms with Crippen molar-refractivity contribution in [3.63, 3.8) is 0 Å². The third-order valence-corrected chi connectivity index (χ3v) is 6.46. The van der Waals surface area contributed by atoms with Crippen molar-refractivity contribution in [2.75, 3.05) is 45.8 Å². The van der Waals surface area contributed by atoms with Crippen LogP contribution in [0.25, 0.3) is 10.9 Å². The van der Waals surface area contributed by atoms with Crippen molar-refractivity contribution >= 4 is 34.3 Å². The van der Waals surface area contributed by atoms with Gasteiger partial charge in [-0.15, -0.1) is 0 Å². The quantitative estimate of drug-likeness (QED) is 0.397. The maximum atomic E-state index is 13.0. The second-order valence-electron chi connectivity index (χ2n) is 7.70. The molecule has 33 heavy (non-hydrogen) atoms. The molecule has 0 spiro atoms. The molecular weight excluding hydrogens is 440 g/mol. The fourth-order valence-electron chi connectivity index (χ4n) is 3.56. The second kappa shape index (κ2) is 10.8. The molecule has 3 aromatic rings. The van der Waals surface area contributed by atoms with E-state index in [4.69, 9.17) is 24.2 Å². The van der Waals surface area contributed by atoms with Crippen LogP contribution in [0.5, 0.6) is 11.5 Å². The van der Waals surface area contributed by atoms with Gasteiger partial charge in [-0.05, 0) is 13.0 Å². The molecule has 1 atom stereocenters. The minimum Gasteiger partial charge on any atom is -0.497 e. The molecule has 0 bridgehead atoms. The van der Waals surface area contributed by atoms with E-state index in [1.54, 1.807) is 32.4 Å². The molecule has 174 valence electrons. The first-order chi connectivity index (χ1) is 16.1. The number of amides is 1. The predicted molar refractivity (Wildman–Crippen MR) is 129 cm³/mol. The number of rotatable bonds is 8. The summed E-state index contributed by atoms with van der Waals surface area (Å²) in [4.78, 5) is 24.8. The average Bonchev–Trinajstić information content (AvgIpc) is 2.84. The molecule has 4 rings (SSSR count). The lowest BCUT2D eigenvalue weighted by molar-refractivity contribution is -0.115. The van der Waals surface area contributed by atoms with E-state index >= 15 is 0 Å². The Morgan fingerprint density at radius 2 is 1.82 bits per heavy atom. The van der Waals surface area contributed by atoms with Crippen LogP contribution in [-0.2, 0) is 16.1 Å². The van der Waals surface area contributed by atoms with E-state index in [0.717, 1.165) is 48.1 Å². The van der Waals surface area contributed by atoms with Gasteiger partial charge in [-0.25, -0.2) is 9.97 Å². The number of carbonyl (C=O) groups is 1. The van der Waals surface area contributed by atoms with Crippen molar-refractivity contribution in [1.82, 2.24) is 14.9 Å². The maximum Gasteiger partial charge on any atom is 0.237 e. The van der Waals surface area contributed by atoms with E-state index in [1.807, 2.05) is 31.2 Å². The van der Waals surface area contributed by atoms with Crippen LogP contribution >= 0.6 is 11.8 Å². The molecule has 1 N–H and O–H groups in total. The van der Waals surface area contributed by atoms with Crippen molar-refractivity contribution < 1.29 is 19.0 Å². The first-order valence-corrected chi connectivity index (χ1v) is 11.7. The molecule has 1 aliphatic heterocycles. The van der Waals surface area contributed by atoms with Gasteiger partial charge in [-0.3, -0.25) is 9.69 Å². The summed E-state index contributed by atoms with van der Waals surface area (Å²) in [5, 5.41) is 4.32. The number of fused-ring (bicyclic) bond motifs is 1. The largest absolute Gasteiger partial charge is 0.497 e. The molecule has 1 aromatic heterocycles. The van der Waals surface area contributed by atoms with Crippen LogP contribution in [0.2, 0.25) is 0 Å². The molecule has 2 heterocycles. The molecule has 1 aliphatic rings. The van der Waals surface area contributed by atoms with Gasteiger partial charge in [0.2, 0.25) is 5.91 Å². The highest BCUT2D eigenvalue weighted by molar-refractivity contribution is 8.00. The number of benzene rings is 2. The Morgan fingerprint density at radius 1 is 1.12 bits per heavy atom. The maximum absolute atomic E-state index is 13.0. The fraction of sp³-hybridized carbons (Fsp3) is 0.375. The second-order valence-corrected chi connectivity index (χ2v) is 9.03. The summed E-state index contributed by atoms with van der Waals surface area (Å²) in [7, 11) is 3.15. The van der Waals surface area contributed by atoms with Gasteiger partial charge in [-0.2, -0.15) is 0 Å². The van der Waals surface area contributed by atoms with Crippen LogP contribution in [-0.4, -0.2) is 66.5 Å². The highest BCUT2D eigenvalue weighted by atomic mass is 32.2. The molecule has 2 aromatic carbocycles. The van der Waals surface area contributed by atoms with Crippen LogP contribution in [0.4, 0.5) is 5.69 Å². The summed E-state index contributed by atoms with van der Waals surface area (Å²) in [5.41, 5.74) is 1.49. The summed E-state index contributed by atoms with van der Waals surface area (Å²) >= 11 is 1.43. The fourth-order valence-corrected chi connectivity index (χ4v) is 4.52. The molecular formula is C24H28N4O4S. The van der Waals surface area contributed by atoms with Crippen molar-refractivity contribution in [2.24, 2.45) is 0 Å². The molecule has 1 saturated heterocycles. The number of para-hydroxylation sites is 1. The van der Waals surface area contributed by atoms with Crippen LogP contribution in [0.15, 0.2) is 47.5 Å². The number of thioether (sulfide) groups is 1. The number of anilines is 1. The Hall–Kier alpha value is -2.88.